The van der Waals surface area contributed by atoms with Crippen molar-refractivity contribution in [2.45, 2.75) is 38.1 Å². The zero-order valence-electron chi connectivity index (χ0n) is 7.69. The maximum atomic E-state index is 5.47. The van der Waals surface area contributed by atoms with E-state index in [9.17, 15) is 0 Å². The minimum absolute atomic E-state index is 0.571. The van der Waals surface area contributed by atoms with Crippen LogP contribution in [0.15, 0.2) is 0 Å². The van der Waals surface area contributed by atoms with Gasteiger partial charge in [-0.25, -0.2) is 4.68 Å². The minimum atomic E-state index is 0.571. The van der Waals surface area contributed by atoms with E-state index in [2.05, 4.69) is 15.5 Å². The van der Waals surface area contributed by atoms with Crippen molar-refractivity contribution in [3.05, 3.63) is 5.82 Å². The van der Waals surface area contributed by atoms with Gasteiger partial charge in [0.25, 0.3) is 0 Å². The second kappa shape index (κ2) is 3.83. The Morgan fingerprint density at radius 1 is 1.38 bits per heavy atom. The average Bonchev–Trinajstić information content (AvgIpc) is 2.71. The summed E-state index contributed by atoms with van der Waals surface area (Å²) in [6.07, 6.45) is 5.07. The van der Waals surface area contributed by atoms with Gasteiger partial charge in [0.05, 0.1) is 6.54 Å². The Morgan fingerprint density at radius 3 is 2.85 bits per heavy atom. The van der Waals surface area contributed by atoms with E-state index in [1.54, 1.807) is 0 Å². The van der Waals surface area contributed by atoms with Crippen molar-refractivity contribution >= 4 is 0 Å². The number of nitrogens with zero attached hydrogens (tertiary/aromatic N) is 4. The Kier molecular flexibility index (Phi) is 2.54. The lowest BCUT2D eigenvalue weighted by molar-refractivity contribution is 0.535. The summed E-state index contributed by atoms with van der Waals surface area (Å²) in [6.45, 7) is 1.34. The molecule has 1 heterocycles. The molecule has 0 aliphatic heterocycles. The number of aromatic nitrogens is 4. The predicted octanol–water partition coefficient (Wildman–Crippen LogP) is 0.289. The van der Waals surface area contributed by atoms with Gasteiger partial charge in [0.1, 0.15) is 0 Å². The third-order valence-electron chi connectivity index (χ3n) is 2.62. The molecule has 1 aromatic heterocycles. The fourth-order valence-electron chi connectivity index (χ4n) is 1.97. The molecule has 0 unspecified atom stereocenters. The molecule has 1 aromatic rings. The highest BCUT2D eigenvalue weighted by atomic mass is 15.5. The summed E-state index contributed by atoms with van der Waals surface area (Å²) in [7, 11) is 0. The van der Waals surface area contributed by atoms with Crippen LogP contribution in [0, 0.1) is 0 Å². The zero-order valence-corrected chi connectivity index (χ0v) is 7.69. The highest BCUT2D eigenvalue weighted by Gasteiger charge is 2.22. The molecule has 0 saturated heterocycles. The van der Waals surface area contributed by atoms with E-state index >= 15 is 0 Å². The summed E-state index contributed by atoms with van der Waals surface area (Å²) < 4.78 is 1.84. The van der Waals surface area contributed by atoms with Crippen molar-refractivity contribution in [2.75, 3.05) is 6.54 Å². The predicted molar refractivity (Wildman–Crippen MR) is 48.1 cm³/mol. The first kappa shape index (κ1) is 8.62. The molecule has 1 aliphatic rings. The molecule has 2 N–H and O–H groups in total. The molecular formula is C8H15N5. The second-order valence-corrected chi connectivity index (χ2v) is 3.53. The normalized spacial score (nSPS) is 18.2. The highest BCUT2D eigenvalue weighted by molar-refractivity contribution is 4.96. The van der Waals surface area contributed by atoms with Crippen LogP contribution >= 0.6 is 0 Å². The zero-order chi connectivity index (χ0) is 9.10. The molecule has 72 valence electrons. The second-order valence-electron chi connectivity index (χ2n) is 3.53. The summed E-state index contributed by atoms with van der Waals surface area (Å²) in [5, 5.41) is 11.7. The van der Waals surface area contributed by atoms with Crippen molar-refractivity contribution in [3.8, 4) is 0 Å². The summed E-state index contributed by atoms with van der Waals surface area (Å²) >= 11 is 0. The first-order chi connectivity index (χ1) is 6.42. The van der Waals surface area contributed by atoms with Gasteiger partial charge in [-0.1, -0.05) is 12.8 Å². The van der Waals surface area contributed by atoms with Gasteiger partial charge in [0, 0.05) is 12.5 Å². The molecule has 0 aromatic carbocycles. The fourth-order valence-corrected chi connectivity index (χ4v) is 1.97. The molecule has 2 rings (SSSR count). The van der Waals surface area contributed by atoms with Crippen molar-refractivity contribution < 1.29 is 0 Å². The molecule has 13 heavy (non-hydrogen) atoms. The molecule has 5 nitrogen and oxygen atoms in total. The maximum Gasteiger partial charge on any atom is 0.154 e. The van der Waals surface area contributed by atoms with Gasteiger partial charge in [0.15, 0.2) is 5.82 Å². The molecule has 1 aliphatic carbocycles. The number of hydrogen-bond acceptors (Lipinski definition) is 4. The Hall–Kier alpha value is -0.970. The summed E-state index contributed by atoms with van der Waals surface area (Å²) in [5.74, 6) is 1.60. The summed E-state index contributed by atoms with van der Waals surface area (Å²) in [6, 6.07) is 0. The molecule has 1 fully saturated rings. The lowest BCUT2D eigenvalue weighted by atomic mass is 10.1. The van der Waals surface area contributed by atoms with Gasteiger partial charge in [-0.15, -0.1) is 5.10 Å². The summed E-state index contributed by atoms with van der Waals surface area (Å²) in [4.78, 5) is 0. The van der Waals surface area contributed by atoms with E-state index in [1.165, 1.54) is 25.7 Å². The monoisotopic (exact) mass is 181 g/mol. The van der Waals surface area contributed by atoms with Crippen LogP contribution in [0.5, 0.6) is 0 Å². The van der Waals surface area contributed by atoms with E-state index in [4.69, 9.17) is 5.73 Å². The van der Waals surface area contributed by atoms with E-state index in [0.717, 1.165) is 12.4 Å². The molecule has 5 heteroatoms. The number of nitrogens with two attached hydrogens (primary N) is 1. The molecule has 0 amide bonds. The molecule has 0 atom stereocenters. The summed E-state index contributed by atoms with van der Waals surface area (Å²) in [5.41, 5.74) is 5.47. The third kappa shape index (κ3) is 1.70. The van der Waals surface area contributed by atoms with E-state index in [-0.39, 0.29) is 0 Å². The van der Waals surface area contributed by atoms with Crippen LogP contribution in [0.3, 0.4) is 0 Å². The Labute approximate surface area is 77.3 Å². The largest absolute Gasteiger partial charge is 0.329 e. The van der Waals surface area contributed by atoms with Crippen LogP contribution < -0.4 is 5.73 Å². The van der Waals surface area contributed by atoms with Crippen LogP contribution in [0.1, 0.15) is 37.4 Å². The van der Waals surface area contributed by atoms with Gasteiger partial charge in [-0.3, -0.25) is 0 Å². The van der Waals surface area contributed by atoms with E-state index < -0.39 is 0 Å². The van der Waals surface area contributed by atoms with Crippen LogP contribution in [0.2, 0.25) is 0 Å². The minimum Gasteiger partial charge on any atom is -0.329 e. The molecule has 0 spiro atoms. The van der Waals surface area contributed by atoms with Crippen LogP contribution in [0.4, 0.5) is 0 Å². The van der Waals surface area contributed by atoms with Crippen molar-refractivity contribution in [2.24, 2.45) is 5.73 Å². The van der Waals surface area contributed by atoms with Crippen LogP contribution in [-0.2, 0) is 6.54 Å². The van der Waals surface area contributed by atoms with Gasteiger partial charge < -0.3 is 5.73 Å². The van der Waals surface area contributed by atoms with Gasteiger partial charge in [-0.2, -0.15) is 0 Å². The third-order valence-corrected chi connectivity index (χ3v) is 2.62. The van der Waals surface area contributed by atoms with Crippen molar-refractivity contribution in [3.63, 3.8) is 0 Å². The van der Waals surface area contributed by atoms with Crippen LogP contribution in [-0.4, -0.2) is 26.8 Å². The smallest absolute Gasteiger partial charge is 0.154 e. The highest BCUT2D eigenvalue weighted by Crippen LogP contribution is 2.32. The lowest BCUT2D eigenvalue weighted by Crippen LogP contribution is -2.15. The SMILES string of the molecule is NCCn1nnnc1C1CCCC1. The Balaban J connectivity index is 2.13. The van der Waals surface area contributed by atoms with Gasteiger partial charge in [-0.05, 0) is 23.3 Å². The number of hydrogen-bond donors (Lipinski definition) is 1. The van der Waals surface area contributed by atoms with Gasteiger partial charge in [0.2, 0.25) is 0 Å². The van der Waals surface area contributed by atoms with Gasteiger partial charge >= 0.3 is 0 Å². The van der Waals surface area contributed by atoms with Crippen molar-refractivity contribution in [1.29, 1.82) is 0 Å². The molecule has 1 saturated carbocycles. The quantitative estimate of drug-likeness (QED) is 0.727. The topological polar surface area (TPSA) is 69.6 Å². The van der Waals surface area contributed by atoms with Crippen LogP contribution in [0.25, 0.3) is 0 Å². The average molecular weight is 181 g/mol. The van der Waals surface area contributed by atoms with E-state index in [1.807, 2.05) is 4.68 Å². The Bertz CT molecular complexity index is 263. The molecule has 0 radical (unpaired) electrons. The molecule has 0 bridgehead atoms. The standard InChI is InChI=1S/C8H15N5/c9-5-6-13-8(10-11-12-13)7-3-1-2-4-7/h7H,1-6,9H2. The number of rotatable bonds is 3. The maximum absolute atomic E-state index is 5.47. The fraction of sp³-hybridized carbons (Fsp3) is 0.875. The Morgan fingerprint density at radius 2 is 2.15 bits per heavy atom. The molecular weight excluding hydrogens is 166 g/mol. The first-order valence-corrected chi connectivity index (χ1v) is 4.88. The van der Waals surface area contributed by atoms with E-state index in [0.29, 0.717) is 12.5 Å². The lowest BCUT2D eigenvalue weighted by Gasteiger charge is -2.07. The van der Waals surface area contributed by atoms with Crippen molar-refractivity contribution in [1.82, 2.24) is 20.2 Å². The first-order valence-electron chi connectivity index (χ1n) is 4.88. The number of tetrazole rings is 1.